The number of ether oxygens (including phenoxy) is 1. The SMILES string of the molecule is CCn1nnc2cc(C(=O)OCC(=O)N3c4ccccc4NC(=O)C[C@H]3C)ccc21. The van der Waals surface area contributed by atoms with Crippen LogP contribution in [0.1, 0.15) is 30.6 Å². The summed E-state index contributed by atoms with van der Waals surface area (Å²) < 4.78 is 6.99. The molecule has 0 saturated heterocycles. The van der Waals surface area contributed by atoms with Crippen LogP contribution >= 0.6 is 0 Å². The monoisotopic (exact) mass is 407 g/mol. The number of esters is 1. The molecular formula is C21H21N5O4. The molecule has 1 N–H and O–H groups in total. The Morgan fingerprint density at radius 2 is 2.03 bits per heavy atom. The number of carbonyl (C=O) groups is 3. The zero-order valence-electron chi connectivity index (χ0n) is 16.7. The highest BCUT2D eigenvalue weighted by atomic mass is 16.5. The van der Waals surface area contributed by atoms with Gasteiger partial charge in [-0.25, -0.2) is 9.48 Å². The van der Waals surface area contributed by atoms with Crippen molar-refractivity contribution in [3.05, 3.63) is 48.0 Å². The molecular weight excluding hydrogens is 386 g/mol. The van der Waals surface area contributed by atoms with E-state index < -0.39 is 18.5 Å². The first-order chi connectivity index (χ1) is 14.5. The second-order valence-electron chi connectivity index (χ2n) is 7.07. The van der Waals surface area contributed by atoms with Crippen molar-refractivity contribution in [2.75, 3.05) is 16.8 Å². The predicted molar refractivity (Wildman–Crippen MR) is 110 cm³/mol. The van der Waals surface area contributed by atoms with Crippen molar-refractivity contribution in [3.8, 4) is 0 Å². The molecule has 4 rings (SSSR count). The summed E-state index contributed by atoms with van der Waals surface area (Å²) in [6.45, 7) is 3.96. The summed E-state index contributed by atoms with van der Waals surface area (Å²) in [7, 11) is 0. The first kappa shape index (κ1) is 19.6. The summed E-state index contributed by atoms with van der Waals surface area (Å²) in [4.78, 5) is 38.9. The van der Waals surface area contributed by atoms with E-state index in [2.05, 4.69) is 15.6 Å². The van der Waals surface area contributed by atoms with Gasteiger partial charge in [0.1, 0.15) is 5.52 Å². The van der Waals surface area contributed by atoms with E-state index in [-0.39, 0.29) is 18.4 Å². The van der Waals surface area contributed by atoms with Gasteiger partial charge in [0.25, 0.3) is 5.91 Å². The quantitative estimate of drug-likeness (QED) is 0.666. The number of rotatable bonds is 4. The van der Waals surface area contributed by atoms with Crippen molar-refractivity contribution < 1.29 is 19.1 Å². The third kappa shape index (κ3) is 3.61. The van der Waals surface area contributed by atoms with E-state index in [9.17, 15) is 14.4 Å². The highest BCUT2D eigenvalue weighted by Gasteiger charge is 2.30. The van der Waals surface area contributed by atoms with Crippen LogP contribution in [-0.4, -0.2) is 45.4 Å². The molecule has 1 atom stereocenters. The molecule has 0 radical (unpaired) electrons. The Hall–Kier alpha value is -3.75. The third-order valence-corrected chi connectivity index (χ3v) is 5.00. The molecule has 2 aromatic carbocycles. The van der Waals surface area contributed by atoms with Crippen LogP contribution in [0.3, 0.4) is 0 Å². The van der Waals surface area contributed by atoms with Crippen LogP contribution < -0.4 is 10.2 Å². The van der Waals surface area contributed by atoms with Crippen molar-refractivity contribution in [1.29, 1.82) is 0 Å². The van der Waals surface area contributed by atoms with Crippen molar-refractivity contribution in [2.24, 2.45) is 0 Å². The maximum atomic E-state index is 12.9. The number of hydrogen-bond donors (Lipinski definition) is 1. The average molecular weight is 407 g/mol. The average Bonchev–Trinajstić information content (AvgIpc) is 3.09. The highest BCUT2D eigenvalue weighted by molar-refractivity contribution is 6.05. The Balaban J connectivity index is 1.50. The van der Waals surface area contributed by atoms with Gasteiger partial charge < -0.3 is 15.0 Å². The lowest BCUT2D eigenvalue weighted by Crippen LogP contribution is -2.41. The van der Waals surface area contributed by atoms with Gasteiger partial charge in [-0.1, -0.05) is 17.3 Å². The molecule has 2 amide bonds. The third-order valence-electron chi connectivity index (χ3n) is 5.00. The molecule has 30 heavy (non-hydrogen) atoms. The predicted octanol–water partition coefficient (Wildman–Crippen LogP) is 2.37. The van der Waals surface area contributed by atoms with Gasteiger partial charge in [0.2, 0.25) is 5.91 Å². The lowest BCUT2D eigenvalue weighted by atomic mass is 10.1. The van der Waals surface area contributed by atoms with Gasteiger partial charge in [0, 0.05) is 19.0 Å². The Kier molecular flexibility index (Phi) is 5.18. The van der Waals surface area contributed by atoms with E-state index in [1.165, 1.54) is 4.90 Å². The van der Waals surface area contributed by atoms with Crippen molar-refractivity contribution in [1.82, 2.24) is 15.0 Å². The van der Waals surface area contributed by atoms with Crippen LogP contribution in [0.2, 0.25) is 0 Å². The second-order valence-corrected chi connectivity index (χ2v) is 7.07. The van der Waals surface area contributed by atoms with Gasteiger partial charge in [0.15, 0.2) is 6.61 Å². The minimum Gasteiger partial charge on any atom is -0.452 e. The van der Waals surface area contributed by atoms with E-state index in [0.717, 1.165) is 5.52 Å². The number of benzene rings is 2. The Morgan fingerprint density at radius 1 is 1.23 bits per heavy atom. The molecule has 1 aliphatic heterocycles. The van der Waals surface area contributed by atoms with Gasteiger partial charge in [-0.15, -0.1) is 5.10 Å². The van der Waals surface area contributed by atoms with Gasteiger partial charge in [-0.3, -0.25) is 9.59 Å². The van der Waals surface area contributed by atoms with E-state index >= 15 is 0 Å². The standard InChI is InChI=1S/C21H21N5O4/c1-3-25-17-9-8-14(11-16(17)23-24-25)21(29)30-12-20(28)26-13(2)10-19(27)22-15-6-4-5-7-18(15)26/h4-9,11,13H,3,10,12H2,1-2H3,(H,22,27)/t13-/m1/s1. The number of para-hydroxylation sites is 2. The van der Waals surface area contributed by atoms with Crippen LogP contribution in [0.4, 0.5) is 11.4 Å². The van der Waals surface area contributed by atoms with Crippen molar-refractivity contribution in [2.45, 2.75) is 32.9 Å². The normalized spacial score (nSPS) is 16.0. The maximum absolute atomic E-state index is 12.9. The second kappa shape index (κ2) is 7.94. The summed E-state index contributed by atoms with van der Waals surface area (Å²) in [5.41, 5.74) is 2.82. The molecule has 3 aromatic rings. The maximum Gasteiger partial charge on any atom is 0.338 e. The Bertz CT molecular complexity index is 1140. The molecule has 1 aromatic heterocycles. The van der Waals surface area contributed by atoms with Gasteiger partial charge in [-0.2, -0.15) is 0 Å². The molecule has 1 aliphatic rings. The van der Waals surface area contributed by atoms with E-state index in [4.69, 9.17) is 4.74 Å². The first-order valence-electron chi connectivity index (χ1n) is 9.69. The largest absolute Gasteiger partial charge is 0.452 e. The van der Waals surface area contributed by atoms with Gasteiger partial charge in [-0.05, 0) is 44.2 Å². The molecule has 2 heterocycles. The number of carbonyl (C=O) groups excluding carboxylic acids is 3. The number of aromatic nitrogens is 3. The molecule has 9 nitrogen and oxygen atoms in total. The van der Waals surface area contributed by atoms with Gasteiger partial charge >= 0.3 is 5.97 Å². The van der Waals surface area contributed by atoms with Gasteiger partial charge in [0.05, 0.1) is 22.5 Å². The summed E-state index contributed by atoms with van der Waals surface area (Å²) >= 11 is 0. The molecule has 0 bridgehead atoms. The zero-order chi connectivity index (χ0) is 21.3. The fourth-order valence-electron chi connectivity index (χ4n) is 3.58. The fraction of sp³-hybridized carbons (Fsp3) is 0.286. The number of amides is 2. The number of anilines is 2. The van der Waals surface area contributed by atoms with E-state index in [0.29, 0.717) is 29.0 Å². The lowest BCUT2D eigenvalue weighted by molar-refractivity contribution is -0.122. The zero-order valence-corrected chi connectivity index (χ0v) is 16.7. The first-order valence-corrected chi connectivity index (χ1v) is 9.69. The van der Waals surface area contributed by atoms with Crippen LogP contribution in [0.25, 0.3) is 11.0 Å². The lowest BCUT2D eigenvalue weighted by Gasteiger charge is -2.27. The fourth-order valence-corrected chi connectivity index (χ4v) is 3.58. The van der Waals surface area contributed by atoms with Crippen LogP contribution in [0.5, 0.6) is 0 Å². The summed E-state index contributed by atoms with van der Waals surface area (Å²) in [5, 5.41) is 10.9. The summed E-state index contributed by atoms with van der Waals surface area (Å²) in [6.07, 6.45) is 0.151. The minimum absolute atomic E-state index is 0.151. The van der Waals surface area contributed by atoms with Crippen LogP contribution in [0, 0.1) is 0 Å². The molecule has 0 unspecified atom stereocenters. The topological polar surface area (TPSA) is 106 Å². The highest BCUT2D eigenvalue weighted by Crippen LogP contribution is 2.31. The molecule has 0 spiro atoms. The van der Waals surface area contributed by atoms with Crippen molar-refractivity contribution in [3.63, 3.8) is 0 Å². The number of hydrogen-bond acceptors (Lipinski definition) is 6. The molecule has 9 heteroatoms. The molecule has 0 saturated carbocycles. The minimum atomic E-state index is -0.624. The summed E-state index contributed by atoms with van der Waals surface area (Å²) in [6, 6.07) is 11.6. The number of nitrogens with one attached hydrogen (secondary N) is 1. The summed E-state index contributed by atoms with van der Waals surface area (Å²) in [5.74, 6) is -1.20. The van der Waals surface area contributed by atoms with Crippen molar-refractivity contribution >= 4 is 40.2 Å². The number of aryl methyl sites for hydroxylation is 1. The molecule has 0 aliphatic carbocycles. The number of fused-ring (bicyclic) bond motifs is 2. The smallest absolute Gasteiger partial charge is 0.338 e. The Morgan fingerprint density at radius 3 is 2.83 bits per heavy atom. The van der Waals surface area contributed by atoms with E-state index in [1.54, 1.807) is 54.1 Å². The molecule has 0 fully saturated rings. The van der Waals surface area contributed by atoms with Crippen LogP contribution in [0.15, 0.2) is 42.5 Å². The van der Waals surface area contributed by atoms with Crippen LogP contribution in [-0.2, 0) is 20.9 Å². The number of nitrogens with zero attached hydrogens (tertiary/aromatic N) is 4. The molecule has 154 valence electrons. The van der Waals surface area contributed by atoms with E-state index in [1.807, 2.05) is 6.92 Å². The Labute approximate surface area is 172 Å².